The smallest absolute Gasteiger partial charge is 0.340 e. The Morgan fingerprint density at radius 3 is 2.68 bits per heavy atom. The second-order valence-corrected chi connectivity index (χ2v) is 5.43. The average molecular weight is 367 g/mol. The second-order valence-electron chi connectivity index (χ2n) is 5.04. The van der Waals surface area contributed by atoms with Crippen molar-refractivity contribution in [2.45, 2.75) is 19.9 Å². The van der Waals surface area contributed by atoms with E-state index in [0.29, 0.717) is 6.42 Å². The summed E-state index contributed by atoms with van der Waals surface area (Å²) in [6.07, 6.45) is 1.76. The van der Waals surface area contributed by atoms with Crippen molar-refractivity contribution in [3.63, 3.8) is 0 Å². The molecule has 3 N–H and O–H groups in total. The van der Waals surface area contributed by atoms with E-state index in [2.05, 4.69) is 4.98 Å². The molecule has 0 saturated heterocycles. The van der Waals surface area contributed by atoms with Crippen LogP contribution >= 0.6 is 11.6 Å². The maximum atomic E-state index is 12.2. The molecule has 0 aromatic carbocycles. The largest absolute Gasteiger partial charge is 0.454 e. The van der Waals surface area contributed by atoms with Gasteiger partial charge < -0.3 is 10.5 Å². The topological polar surface area (TPSA) is 137 Å². The van der Waals surface area contributed by atoms with Gasteiger partial charge in [-0.05, 0) is 18.6 Å². The molecule has 0 spiro atoms. The summed E-state index contributed by atoms with van der Waals surface area (Å²) in [6, 6.07) is 2.77. The van der Waals surface area contributed by atoms with Crippen LogP contribution in [0.25, 0.3) is 0 Å². The molecule has 0 unspecified atom stereocenters. The molecule has 2 aromatic heterocycles. The van der Waals surface area contributed by atoms with Crippen molar-refractivity contribution in [2.24, 2.45) is 0 Å². The average Bonchev–Trinajstić information content (AvgIpc) is 2.57. The lowest BCUT2D eigenvalue weighted by Crippen LogP contribution is -2.37. The summed E-state index contributed by atoms with van der Waals surface area (Å²) in [5, 5.41) is 0.199. The van der Waals surface area contributed by atoms with E-state index in [4.69, 9.17) is 22.1 Å². The molecule has 132 valence electrons. The first-order valence-corrected chi connectivity index (χ1v) is 7.67. The van der Waals surface area contributed by atoms with E-state index in [1.54, 1.807) is 6.92 Å². The van der Waals surface area contributed by atoms with E-state index >= 15 is 0 Å². The van der Waals surface area contributed by atoms with Crippen LogP contribution < -0.4 is 17.0 Å². The van der Waals surface area contributed by atoms with Gasteiger partial charge in [0.05, 0.1) is 5.56 Å². The summed E-state index contributed by atoms with van der Waals surface area (Å²) < 4.78 is 5.94. The SMILES string of the molecule is CCCn1c(N)c(C(=O)COC(=O)c2ccc(Cl)nc2)c(=O)[nH]c1=O. The second kappa shape index (κ2) is 7.75. The van der Waals surface area contributed by atoms with Gasteiger partial charge in [0.2, 0.25) is 5.78 Å². The summed E-state index contributed by atoms with van der Waals surface area (Å²) in [5.41, 5.74) is 3.80. The quantitative estimate of drug-likeness (QED) is 0.434. The van der Waals surface area contributed by atoms with Gasteiger partial charge in [-0.2, -0.15) is 0 Å². The number of nitrogen functional groups attached to an aromatic ring is 1. The Kier molecular flexibility index (Phi) is 5.71. The number of aromatic amines is 1. The maximum absolute atomic E-state index is 12.2. The van der Waals surface area contributed by atoms with E-state index in [0.717, 1.165) is 4.57 Å². The highest BCUT2D eigenvalue weighted by molar-refractivity contribution is 6.29. The zero-order chi connectivity index (χ0) is 18.6. The van der Waals surface area contributed by atoms with E-state index in [1.807, 2.05) is 4.98 Å². The number of aromatic nitrogens is 3. The number of nitrogens with zero attached hydrogens (tertiary/aromatic N) is 2. The third-order valence-corrected chi connectivity index (χ3v) is 3.49. The summed E-state index contributed by atoms with van der Waals surface area (Å²) in [5.74, 6) is -1.89. The fraction of sp³-hybridized carbons (Fsp3) is 0.267. The first-order valence-electron chi connectivity index (χ1n) is 7.29. The molecule has 25 heavy (non-hydrogen) atoms. The monoisotopic (exact) mass is 366 g/mol. The summed E-state index contributed by atoms with van der Waals surface area (Å²) in [7, 11) is 0. The number of hydrogen-bond acceptors (Lipinski definition) is 7. The van der Waals surface area contributed by atoms with Crippen molar-refractivity contribution in [2.75, 3.05) is 12.3 Å². The van der Waals surface area contributed by atoms with Gasteiger partial charge in [-0.15, -0.1) is 0 Å². The molecule has 0 aliphatic carbocycles. The molecule has 2 aromatic rings. The van der Waals surface area contributed by atoms with Crippen LogP contribution in [0.4, 0.5) is 5.82 Å². The molecule has 9 nitrogen and oxygen atoms in total. The lowest BCUT2D eigenvalue weighted by Gasteiger charge is -2.11. The van der Waals surface area contributed by atoms with Crippen LogP contribution in [0.1, 0.15) is 34.1 Å². The van der Waals surface area contributed by atoms with E-state index in [9.17, 15) is 19.2 Å². The Balaban J connectivity index is 2.19. The number of carbonyl (C=O) groups is 2. The van der Waals surface area contributed by atoms with Crippen LogP contribution in [0.15, 0.2) is 27.9 Å². The lowest BCUT2D eigenvalue weighted by atomic mass is 10.2. The minimum atomic E-state index is -0.927. The lowest BCUT2D eigenvalue weighted by molar-refractivity contribution is 0.0474. The van der Waals surface area contributed by atoms with Crippen molar-refractivity contribution >= 4 is 29.2 Å². The number of ketones is 1. The number of rotatable bonds is 6. The number of halogens is 1. The van der Waals surface area contributed by atoms with Gasteiger partial charge in [0.1, 0.15) is 16.5 Å². The molecule has 0 atom stereocenters. The normalized spacial score (nSPS) is 10.5. The van der Waals surface area contributed by atoms with Crippen LogP contribution in [0.2, 0.25) is 5.15 Å². The minimum Gasteiger partial charge on any atom is -0.454 e. The van der Waals surface area contributed by atoms with Gasteiger partial charge in [-0.25, -0.2) is 14.6 Å². The first-order chi connectivity index (χ1) is 11.8. The highest BCUT2D eigenvalue weighted by atomic mass is 35.5. The van der Waals surface area contributed by atoms with Gasteiger partial charge in [-0.3, -0.25) is 19.1 Å². The molecule has 0 fully saturated rings. The van der Waals surface area contributed by atoms with Crippen molar-refractivity contribution in [1.82, 2.24) is 14.5 Å². The van der Waals surface area contributed by atoms with Crippen LogP contribution in [0.3, 0.4) is 0 Å². The number of nitrogens with two attached hydrogens (primary N) is 1. The first kappa shape index (κ1) is 18.4. The molecular formula is C15H15ClN4O5. The Hall–Kier alpha value is -2.94. The third kappa shape index (κ3) is 4.13. The van der Waals surface area contributed by atoms with Gasteiger partial charge >= 0.3 is 11.7 Å². The summed E-state index contributed by atoms with van der Waals surface area (Å²) >= 11 is 5.61. The molecule has 10 heteroatoms. The van der Waals surface area contributed by atoms with Crippen molar-refractivity contribution in [3.8, 4) is 0 Å². The Labute approximate surface area is 146 Å². The predicted octanol–water partition coefficient (Wildman–Crippen LogP) is 0.617. The van der Waals surface area contributed by atoms with Crippen molar-refractivity contribution in [1.29, 1.82) is 0 Å². The third-order valence-electron chi connectivity index (χ3n) is 3.26. The van der Waals surface area contributed by atoms with Crippen LogP contribution in [0.5, 0.6) is 0 Å². The Morgan fingerprint density at radius 2 is 2.08 bits per heavy atom. The van der Waals surface area contributed by atoms with E-state index in [1.165, 1.54) is 18.3 Å². The number of H-pyrrole nitrogens is 1. The van der Waals surface area contributed by atoms with Crippen molar-refractivity contribution < 1.29 is 14.3 Å². The van der Waals surface area contributed by atoms with E-state index < -0.39 is 35.2 Å². The molecule has 0 aliphatic heterocycles. The maximum Gasteiger partial charge on any atom is 0.340 e. The standard InChI is InChI=1S/C15H15ClN4O5/c1-2-5-20-12(17)11(13(22)19-15(20)24)9(21)7-25-14(23)8-3-4-10(16)18-6-8/h3-4,6H,2,5,7,17H2,1H3,(H,19,22,24). The van der Waals surface area contributed by atoms with E-state index in [-0.39, 0.29) is 23.1 Å². The highest BCUT2D eigenvalue weighted by Gasteiger charge is 2.21. The molecule has 0 radical (unpaired) electrons. The minimum absolute atomic E-state index is 0.0926. The Morgan fingerprint density at radius 1 is 1.36 bits per heavy atom. The number of esters is 1. The Bertz CT molecular complexity index is 917. The molecule has 2 heterocycles. The highest BCUT2D eigenvalue weighted by Crippen LogP contribution is 2.09. The van der Waals surface area contributed by atoms with Gasteiger partial charge in [0.15, 0.2) is 6.61 Å². The van der Waals surface area contributed by atoms with Crippen molar-refractivity contribution in [3.05, 3.63) is 55.4 Å². The molecule has 0 bridgehead atoms. The van der Waals surface area contributed by atoms with Crippen LogP contribution in [-0.4, -0.2) is 32.9 Å². The predicted molar refractivity (Wildman–Crippen MR) is 89.9 cm³/mol. The summed E-state index contributed by atoms with van der Waals surface area (Å²) in [4.78, 5) is 53.4. The van der Waals surface area contributed by atoms with Crippen LogP contribution in [-0.2, 0) is 11.3 Å². The number of anilines is 1. The number of nitrogens with one attached hydrogen (secondary N) is 1. The molecule has 0 amide bonds. The van der Waals surface area contributed by atoms with Gasteiger partial charge in [0, 0.05) is 12.7 Å². The fourth-order valence-electron chi connectivity index (χ4n) is 2.09. The number of Topliss-reactive ketones (excluding diaryl/α,β-unsaturated/α-hetero) is 1. The molecular weight excluding hydrogens is 352 g/mol. The summed E-state index contributed by atoms with van der Waals surface area (Å²) in [6.45, 7) is 1.33. The molecule has 0 aliphatic rings. The number of ether oxygens (including phenoxy) is 1. The zero-order valence-electron chi connectivity index (χ0n) is 13.2. The zero-order valence-corrected chi connectivity index (χ0v) is 14.0. The number of carbonyl (C=O) groups excluding carboxylic acids is 2. The molecule has 0 saturated carbocycles. The number of hydrogen-bond donors (Lipinski definition) is 2. The fourth-order valence-corrected chi connectivity index (χ4v) is 2.20. The van der Waals surface area contributed by atoms with Gasteiger partial charge in [0.25, 0.3) is 5.56 Å². The van der Waals surface area contributed by atoms with Gasteiger partial charge in [-0.1, -0.05) is 18.5 Å². The number of pyridine rings is 1. The molecule has 2 rings (SSSR count). The van der Waals surface area contributed by atoms with Crippen LogP contribution in [0, 0.1) is 0 Å².